The van der Waals surface area contributed by atoms with Gasteiger partial charge in [-0.15, -0.1) is 0 Å². The van der Waals surface area contributed by atoms with Crippen LogP contribution in [0.1, 0.15) is 10.4 Å². The summed E-state index contributed by atoms with van der Waals surface area (Å²) >= 11 is 0. The molecule has 7 nitrogen and oxygen atoms in total. The van der Waals surface area contributed by atoms with E-state index < -0.39 is 15.8 Å². The number of nitrogens with zero attached hydrogens (tertiary/aromatic N) is 2. The Labute approximate surface area is 114 Å². The molecule has 0 aliphatic rings. The van der Waals surface area contributed by atoms with Gasteiger partial charge in [-0.1, -0.05) is 0 Å². The summed E-state index contributed by atoms with van der Waals surface area (Å²) in [5, 5.41) is 8.90. The number of carboxylic acids is 1. The van der Waals surface area contributed by atoms with Gasteiger partial charge >= 0.3 is 5.97 Å². The Morgan fingerprint density at radius 2 is 1.90 bits per heavy atom. The average Bonchev–Trinajstić information content (AvgIpc) is 2.39. The van der Waals surface area contributed by atoms with Crippen molar-refractivity contribution in [2.75, 3.05) is 6.26 Å². The number of benzene rings is 1. The Morgan fingerprint density at radius 1 is 1.25 bits per heavy atom. The Morgan fingerprint density at radius 3 is 2.45 bits per heavy atom. The van der Waals surface area contributed by atoms with Gasteiger partial charge in [0, 0.05) is 6.26 Å². The molecule has 2 rings (SSSR count). The highest BCUT2D eigenvalue weighted by Crippen LogP contribution is 2.29. The van der Waals surface area contributed by atoms with Gasteiger partial charge in [0.05, 0.1) is 18.0 Å². The molecule has 0 aliphatic heterocycles. The smallest absolute Gasteiger partial charge is 0.335 e. The predicted molar refractivity (Wildman–Crippen MR) is 68.6 cm³/mol. The second-order valence-electron chi connectivity index (χ2n) is 3.92. The predicted octanol–water partition coefficient (Wildman–Crippen LogP) is 1.37. The molecule has 1 heterocycles. The van der Waals surface area contributed by atoms with E-state index in [0.717, 1.165) is 12.3 Å². The molecule has 0 spiro atoms. The highest BCUT2D eigenvalue weighted by atomic mass is 32.2. The molecule has 8 heteroatoms. The fourth-order valence-electron chi connectivity index (χ4n) is 1.48. The lowest BCUT2D eigenvalue weighted by atomic mass is 10.2. The standard InChI is InChI=1S/C12H10N2O5S/c1-20(17,18)11-4-8(12(15)16)2-3-10(11)19-9-5-13-7-14-6-9/h2-7H,1H3,(H,15,16). The van der Waals surface area contributed by atoms with E-state index in [1.54, 1.807) is 0 Å². The fourth-order valence-corrected chi connectivity index (χ4v) is 2.30. The molecule has 1 aromatic carbocycles. The van der Waals surface area contributed by atoms with Gasteiger partial charge in [-0.3, -0.25) is 0 Å². The van der Waals surface area contributed by atoms with Gasteiger partial charge in [0.2, 0.25) is 0 Å². The molecular weight excluding hydrogens is 284 g/mol. The number of hydrogen-bond acceptors (Lipinski definition) is 6. The number of aromatic nitrogens is 2. The van der Waals surface area contributed by atoms with Gasteiger partial charge in [-0.05, 0) is 18.2 Å². The van der Waals surface area contributed by atoms with Crippen LogP contribution >= 0.6 is 0 Å². The van der Waals surface area contributed by atoms with E-state index in [0.29, 0.717) is 0 Å². The van der Waals surface area contributed by atoms with Crippen molar-refractivity contribution >= 4 is 15.8 Å². The number of rotatable bonds is 4. The van der Waals surface area contributed by atoms with Crippen molar-refractivity contribution in [1.82, 2.24) is 9.97 Å². The van der Waals surface area contributed by atoms with E-state index >= 15 is 0 Å². The molecule has 0 fully saturated rings. The molecule has 0 atom stereocenters. The molecule has 104 valence electrons. The summed E-state index contributed by atoms with van der Waals surface area (Å²) in [5.74, 6) is -0.947. The second-order valence-corrected chi connectivity index (χ2v) is 5.90. The van der Waals surface area contributed by atoms with Crippen molar-refractivity contribution in [3.8, 4) is 11.5 Å². The highest BCUT2D eigenvalue weighted by Gasteiger charge is 2.18. The van der Waals surface area contributed by atoms with Crippen LogP contribution in [0, 0.1) is 0 Å². The van der Waals surface area contributed by atoms with Crippen LogP contribution in [0.15, 0.2) is 41.8 Å². The molecule has 1 aromatic heterocycles. The van der Waals surface area contributed by atoms with Crippen LogP contribution in [-0.4, -0.2) is 35.7 Å². The van der Waals surface area contributed by atoms with Crippen molar-refractivity contribution in [3.05, 3.63) is 42.5 Å². The van der Waals surface area contributed by atoms with E-state index in [1.807, 2.05) is 0 Å². The normalized spacial score (nSPS) is 11.1. The molecule has 0 bridgehead atoms. The first kappa shape index (κ1) is 13.9. The Bertz CT molecular complexity index is 744. The van der Waals surface area contributed by atoms with Gasteiger partial charge in [0.15, 0.2) is 15.6 Å². The van der Waals surface area contributed by atoms with Crippen LogP contribution < -0.4 is 4.74 Å². The van der Waals surface area contributed by atoms with Crippen molar-refractivity contribution < 1.29 is 23.1 Å². The summed E-state index contributed by atoms with van der Waals surface area (Å²) in [7, 11) is -3.64. The van der Waals surface area contributed by atoms with Gasteiger partial charge < -0.3 is 9.84 Å². The van der Waals surface area contributed by atoms with E-state index in [1.165, 1.54) is 30.9 Å². The lowest BCUT2D eigenvalue weighted by Crippen LogP contribution is -2.04. The average molecular weight is 294 g/mol. The molecule has 2 aromatic rings. The summed E-state index contributed by atoms with van der Waals surface area (Å²) in [6.07, 6.45) is 5.01. The number of hydrogen-bond donors (Lipinski definition) is 1. The summed E-state index contributed by atoms with van der Waals surface area (Å²) in [5.41, 5.74) is -0.137. The number of sulfone groups is 1. The SMILES string of the molecule is CS(=O)(=O)c1cc(C(=O)O)ccc1Oc1cncnc1. The lowest BCUT2D eigenvalue weighted by molar-refractivity contribution is 0.0696. The van der Waals surface area contributed by atoms with Gasteiger partial charge in [-0.2, -0.15) is 0 Å². The van der Waals surface area contributed by atoms with Crippen LogP contribution in [0.5, 0.6) is 11.5 Å². The zero-order valence-corrected chi connectivity index (χ0v) is 11.2. The number of carboxylic acid groups (broad SMARTS) is 1. The summed E-state index contributed by atoms with van der Waals surface area (Å²) < 4.78 is 28.8. The van der Waals surface area contributed by atoms with E-state index in [-0.39, 0.29) is 22.0 Å². The molecule has 1 N–H and O–H groups in total. The second kappa shape index (κ2) is 5.25. The molecule has 0 aliphatic carbocycles. The third kappa shape index (κ3) is 3.09. The topological polar surface area (TPSA) is 106 Å². The van der Waals surface area contributed by atoms with E-state index in [4.69, 9.17) is 9.84 Å². The minimum absolute atomic E-state index is 0.0206. The Balaban J connectivity index is 2.50. The fraction of sp³-hybridized carbons (Fsp3) is 0.0833. The van der Waals surface area contributed by atoms with Crippen LogP contribution in [0.3, 0.4) is 0 Å². The van der Waals surface area contributed by atoms with E-state index in [9.17, 15) is 13.2 Å². The molecule has 20 heavy (non-hydrogen) atoms. The Hall–Kier alpha value is -2.48. The van der Waals surface area contributed by atoms with E-state index in [2.05, 4.69) is 9.97 Å². The molecule has 0 radical (unpaired) electrons. The first-order chi connectivity index (χ1) is 9.38. The lowest BCUT2D eigenvalue weighted by Gasteiger charge is -2.10. The van der Waals surface area contributed by atoms with Crippen LogP contribution in [0.25, 0.3) is 0 Å². The summed E-state index contributed by atoms with van der Waals surface area (Å²) in [6.45, 7) is 0. The maximum absolute atomic E-state index is 11.7. The summed E-state index contributed by atoms with van der Waals surface area (Å²) in [4.78, 5) is 18.2. The molecule has 0 saturated carbocycles. The van der Waals surface area contributed by atoms with Gasteiger partial charge in [0.1, 0.15) is 17.0 Å². The summed E-state index contributed by atoms with van der Waals surface area (Å²) in [6, 6.07) is 3.60. The number of ether oxygens (including phenoxy) is 1. The van der Waals surface area contributed by atoms with Crippen LogP contribution in [-0.2, 0) is 9.84 Å². The zero-order valence-electron chi connectivity index (χ0n) is 10.3. The zero-order chi connectivity index (χ0) is 14.8. The Kier molecular flexibility index (Phi) is 3.66. The maximum Gasteiger partial charge on any atom is 0.335 e. The molecule has 0 amide bonds. The third-order valence-electron chi connectivity index (χ3n) is 2.35. The minimum atomic E-state index is -3.64. The van der Waals surface area contributed by atoms with Crippen molar-refractivity contribution in [2.24, 2.45) is 0 Å². The van der Waals surface area contributed by atoms with Crippen molar-refractivity contribution in [1.29, 1.82) is 0 Å². The van der Waals surface area contributed by atoms with Gasteiger partial charge in [-0.25, -0.2) is 23.2 Å². The minimum Gasteiger partial charge on any atom is -0.478 e. The quantitative estimate of drug-likeness (QED) is 0.907. The maximum atomic E-state index is 11.7. The van der Waals surface area contributed by atoms with Crippen LogP contribution in [0.4, 0.5) is 0 Å². The molecule has 0 saturated heterocycles. The van der Waals surface area contributed by atoms with Crippen LogP contribution in [0.2, 0.25) is 0 Å². The molecule has 0 unspecified atom stereocenters. The number of carbonyl (C=O) groups is 1. The van der Waals surface area contributed by atoms with Crippen molar-refractivity contribution in [2.45, 2.75) is 4.90 Å². The molecular formula is C12H10N2O5S. The van der Waals surface area contributed by atoms with Gasteiger partial charge in [0.25, 0.3) is 0 Å². The number of aromatic carboxylic acids is 1. The first-order valence-corrected chi connectivity index (χ1v) is 7.27. The third-order valence-corrected chi connectivity index (χ3v) is 3.47. The first-order valence-electron chi connectivity index (χ1n) is 5.38. The van der Waals surface area contributed by atoms with Crippen molar-refractivity contribution in [3.63, 3.8) is 0 Å². The monoisotopic (exact) mass is 294 g/mol. The largest absolute Gasteiger partial charge is 0.478 e. The highest BCUT2D eigenvalue weighted by molar-refractivity contribution is 7.90.